The van der Waals surface area contributed by atoms with Gasteiger partial charge in [-0.25, -0.2) is 0 Å². The Labute approximate surface area is 124 Å². The Balaban J connectivity index is 2.67. The Kier molecular flexibility index (Phi) is 6.47. The Morgan fingerprint density at radius 3 is 2.76 bits per heavy atom. The number of nitrogens with zero attached hydrogens (tertiary/aromatic N) is 1. The number of thioether (sulfide) groups is 1. The molecule has 0 fully saturated rings. The van der Waals surface area contributed by atoms with Crippen molar-refractivity contribution in [1.29, 1.82) is 0 Å². The van der Waals surface area contributed by atoms with Gasteiger partial charge in [0.2, 0.25) is 0 Å². The van der Waals surface area contributed by atoms with Crippen LogP contribution in [0.2, 0.25) is 0 Å². The van der Waals surface area contributed by atoms with Gasteiger partial charge < -0.3 is 15.2 Å². The molecule has 0 bridgehead atoms. The summed E-state index contributed by atoms with van der Waals surface area (Å²) in [6.45, 7) is 0.213. The van der Waals surface area contributed by atoms with E-state index in [1.165, 1.54) is 25.3 Å². The maximum absolute atomic E-state index is 11.9. The van der Waals surface area contributed by atoms with Gasteiger partial charge in [0.25, 0.3) is 11.6 Å². The highest BCUT2D eigenvalue weighted by Gasteiger charge is 2.20. The number of nitrogens with one attached hydrogen (secondary N) is 1. The summed E-state index contributed by atoms with van der Waals surface area (Å²) in [5.41, 5.74) is -0.408. The lowest BCUT2D eigenvalue weighted by Crippen LogP contribution is -2.26. The summed E-state index contributed by atoms with van der Waals surface area (Å²) in [6.07, 6.45) is 0. The number of nitro benzene ring substituents is 1. The summed E-state index contributed by atoms with van der Waals surface area (Å²) in [5, 5.41) is 21.9. The molecule has 8 nitrogen and oxygen atoms in total. The second kappa shape index (κ2) is 8.10. The monoisotopic (exact) mass is 314 g/mol. The van der Waals surface area contributed by atoms with Crippen molar-refractivity contribution in [1.82, 2.24) is 5.32 Å². The largest absolute Gasteiger partial charge is 0.497 e. The van der Waals surface area contributed by atoms with E-state index in [9.17, 15) is 19.7 Å². The molecule has 0 unspecified atom stereocenters. The summed E-state index contributed by atoms with van der Waals surface area (Å²) < 4.78 is 4.94. The molecule has 0 saturated heterocycles. The van der Waals surface area contributed by atoms with Gasteiger partial charge in [0.1, 0.15) is 11.3 Å². The van der Waals surface area contributed by atoms with Crippen LogP contribution in [0.15, 0.2) is 18.2 Å². The van der Waals surface area contributed by atoms with E-state index in [-0.39, 0.29) is 23.5 Å². The van der Waals surface area contributed by atoms with Gasteiger partial charge in [-0.1, -0.05) is 0 Å². The fraction of sp³-hybridized carbons (Fsp3) is 0.333. The van der Waals surface area contributed by atoms with E-state index in [1.54, 1.807) is 0 Å². The fourth-order valence-electron chi connectivity index (χ4n) is 1.47. The van der Waals surface area contributed by atoms with E-state index < -0.39 is 16.8 Å². The van der Waals surface area contributed by atoms with Gasteiger partial charge in [-0.15, -0.1) is 11.8 Å². The molecule has 0 aliphatic carbocycles. The van der Waals surface area contributed by atoms with Gasteiger partial charge in [-0.3, -0.25) is 19.7 Å². The highest BCUT2D eigenvalue weighted by atomic mass is 32.2. The normalized spacial score (nSPS) is 9.95. The summed E-state index contributed by atoms with van der Waals surface area (Å²) in [7, 11) is 1.39. The van der Waals surface area contributed by atoms with E-state index in [2.05, 4.69) is 5.32 Å². The smallest absolute Gasteiger partial charge is 0.313 e. The van der Waals surface area contributed by atoms with E-state index in [0.29, 0.717) is 11.5 Å². The Morgan fingerprint density at radius 1 is 1.48 bits per heavy atom. The van der Waals surface area contributed by atoms with Crippen LogP contribution < -0.4 is 10.1 Å². The lowest BCUT2D eigenvalue weighted by molar-refractivity contribution is -0.385. The lowest BCUT2D eigenvalue weighted by Gasteiger charge is -2.07. The average Bonchev–Trinajstić information content (AvgIpc) is 2.45. The maximum atomic E-state index is 11.9. The van der Waals surface area contributed by atoms with Crippen LogP contribution in [0.1, 0.15) is 10.4 Å². The molecule has 1 aromatic carbocycles. The van der Waals surface area contributed by atoms with Crippen LogP contribution in [0.5, 0.6) is 5.75 Å². The molecular formula is C12H14N2O6S. The predicted octanol–water partition coefficient (Wildman–Crippen LogP) is 1.15. The topological polar surface area (TPSA) is 119 Å². The Bertz CT molecular complexity index is 549. The first-order valence-corrected chi connectivity index (χ1v) is 7.01. The molecule has 0 spiro atoms. The molecule has 114 valence electrons. The molecule has 21 heavy (non-hydrogen) atoms. The third-order valence-electron chi connectivity index (χ3n) is 2.40. The minimum atomic E-state index is -0.935. The first-order valence-electron chi connectivity index (χ1n) is 5.86. The number of hydrogen-bond donors (Lipinski definition) is 2. The SMILES string of the molecule is COc1ccc([N+](=O)[O-])c(C(=O)NCCSCC(=O)O)c1. The first kappa shape index (κ1) is 16.8. The number of amides is 1. The molecule has 0 radical (unpaired) electrons. The summed E-state index contributed by atoms with van der Waals surface area (Å²) >= 11 is 1.14. The van der Waals surface area contributed by atoms with Crippen molar-refractivity contribution in [3.05, 3.63) is 33.9 Å². The van der Waals surface area contributed by atoms with Crippen LogP contribution in [0.25, 0.3) is 0 Å². The van der Waals surface area contributed by atoms with Gasteiger partial charge in [0.05, 0.1) is 17.8 Å². The number of nitro groups is 1. The summed E-state index contributed by atoms with van der Waals surface area (Å²) in [4.78, 5) is 32.5. The standard InChI is InChI=1S/C12H14N2O6S/c1-20-8-2-3-10(14(18)19)9(6-8)12(17)13-4-5-21-7-11(15)16/h2-3,6H,4-5,7H2,1H3,(H,13,17)(H,15,16). The second-order valence-corrected chi connectivity index (χ2v) is 4.95. The van der Waals surface area contributed by atoms with Crippen LogP contribution in [0.4, 0.5) is 5.69 Å². The molecule has 1 rings (SSSR count). The van der Waals surface area contributed by atoms with Gasteiger partial charge in [-0.05, 0) is 12.1 Å². The van der Waals surface area contributed by atoms with Crippen molar-refractivity contribution >= 4 is 29.3 Å². The van der Waals surface area contributed by atoms with Crippen molar-refractivity contribution in [3.63, 3.8) is 0 Å². The number of ether oxygens (including phenoxy) is 1. The highest BCUT2D eigenvalue weighted by molar-refractivity contribution is 7.99. The second-order valence-electron chi connectivity index (χ2n) is 3.84. The number of carbonyl (C=O) groups excluding carboxylic acids is 1. The summed E-state index contributed by atoms with van der Waals surface area (Å²) in [6, 6.07) is 3.89. The van der Waals surface area contributed by atoms with E-state index in [4.69, 9.17) is 9.84 Å². The van der Waals surface area contributed by atoms with E-state index in [0.717, 1.165) is 11.8 Å². The van der Waals surface area contributed by atoms with Crippen LogP contribution in [0, 0.1) is 10.1 Å². The zero-order chi connectivity index (χ0) is 15.8. The average molecular weight is 314 g/mol. The number of aliphatic carboxylic acids is 1. The van der Waals surface area contributed by atoms with Crippen LogP contribution in [-0.4, -0.2) is 47.1 Å². The number of carboxylic acid groups (broad SMARTS) is 1. The van der Waals surface area contributed by atoms with E-state index in [1.807, 2.05) is 0 Å². The lowest BCUT2D eigenvalue weighted by atomic mass is 10.1. The molecular weight excluding hydrogens is 300 g/mol. The summed E-state index contributed by atoms with van der Waals surface area (Å²) in [5.74, 6) is -0.859. The number of rotatable bonds is 8. The minimum Gasteiger partial charge on any atom is -0.497 e. The molecule has 0 saturated carbocycles. The van der Waals surface area contributed by atoms with Gasteiger partial charge in [0.15, 0.2) is 0 Å². The van der Waals surface area contributed by atoms with Crippen LogP contribution >= 0.6 is 11.8 Å². The van der Waals surface area contributed by atoms with Crippen molar-refractivity contribution in [2.45, 2.75) is 0 Å². The van der Waals surface area contributed by atoms with Gasteiger partial charge in [0, 0.05) is 18.4 Å². The number of carbonyl (C=O) groups is 2. The maximum Gasteiger partial charge on any atom is 0.313 e. The van der Waals surface area contributed by atoms with Crippen molar-refractivity contribution in [2.75, 3.05) is 25.2 Å². The zero-order valence-electron chi connectivity index (χ0n) is 11.2. The molecule has 1 amide bonds. The third-order valence-corrected chi connectivity index (χ3v) is 3.35. The number of carboxylic acids is 1. The molecule has 9 heteroatoms. The Morgan fingerprint density at radius 2 is 2.19 bits per heavy atom. The molecule has 0 atom stereocenters. The fourth-order valence-corrected chi connectivity index (χ4v) is 2.04. The zero-order valence-corrected chi connectivity index (χ0v) is 12.0. The molecule has 0 aromatic heterocycles. The molecule has 0 heterocycles. The quantitative estimate of drug-likeness (QED) is 0.419. The third kappa shape index (κ3) is 5.30. The predicted molar refractivity (Wildman–Crippen MR) is 76.9 cm³/mol. The number of benzene rings is 1. The van der Waals surface area contributed by atoms with Crippen molar-refractivity contribution < 1.29 is 24.4 Å². The van der Waals surface area contributed by atoms with Crippen molar-refractivity contribution in [3.8, 4) is 5.75 Å². The van der Waals surface area contributed by atoms with E-state index >= 15 is 0 Å². The molecule has 0 aliphatic heterocycles. The molecule has 2 N–H and O–H groups in total. The highest BCUT2D eigenvalue weighted by Crippen LogP contribution is 2.23. The van der Waals surface area contributed by atoms with Gasteiger partial charge in [-0.2, -0.15) is 0 Å². The first-order chi connectivity index (χ1) is 9.95. The molecule has 0 aliphatic rings. The molecule has 1 aromatic rings. The number of hydrogen-bond acceptors (Lipinski definition) is 6. The Hall–Kier alpha value is -2.29. The van der Waals surface area contributed by atoms with Gasteiger partial charge >= 0.3 is 5.97 Å². The van der Waals surface area contributed by atoms with Crippen LogP contribution in [-0.2, 0) is 4.79 Å². The minimum absolute atomic E-state index is 0.0603. The van der Waals surface area contributed by atoms with Crippen molar-refractivity contribution in [2.24, 2.45) is 0 Å². The number of methoxy groups -OCH3 is 1. The van der Waals surface area contributed by atoms with Crippen LogP contribution in [0.3, 0.4) is 0 Å².